The number of hydrogen-bond acceptors (Lipinski definition) is 6. The molecule has 4 aromatic rings. The quantitative estimate of drug-likeness (QED) is 0.529. The predicted octanol–water partition coefficient (Wildman–Crippen LogP) is 3.94. The summed E-state index contributed by atoms with van der Waals surface area (Å²) in [7, 11) is 1.90. The minimum absolute atomic E-state index is 0.346. The third-order valence-electron chi connectivity index (χ3n) is 5.29. The summed E-state index contributed by atoms with van der Waals surface area (Å²) in [5.74, 6) is 1.33. The van der Waals surface area contributed by atoms with Crippen LogP contribution in [-0.2, 0) is 7.05 Å². The summed E-state index contributed by atoms with van der Waals surface area (Å²) in [5, 5.41) is 18.3. The van der Waals surface area contributed by atoms with Gasteiger partial charge in [-0.05, 0) is 31.6 Å². The molecule has 0 saturated carbocycles. The highest BCUT2D eigenvalue weighted by Crippen LogP contribution is 2.36. The van der Waals surface area contributed by atoms with E-state index in [4.69, 9.17) is 14.5 Å². The predicted molar refractivity (Wildman–Crippen MR) is 110 cm³/mol. The maximum Gasteiger partial charge on any atom is 0.248 e. The van der Waals surface area contributed by atoms with Gasteiger partial charge in [-0.15, -0.1) is 10.2 Å². The van der Waals surface area contributed by atoms with Crippen molar-refractivity contribution in [3.05, 3.63) is 48.1 Å². The first kappa shape index (κ1) is 17.5. The Hall–Kier alpha value is -3.55. The molecule has 0 saturated heterocycles. The van der Waals surface area contributed by atoms with Gasteiger partial charge in [0.2, 0.25) is 11.8 Å². The lowest BCUT2D eigenvalue weighted by molar-refractivity contribution is 0.533. The summed E-state index contributed by atoms with van der Waals surface area (Å²) >= 11 is 0. The third kappa shape index (κ3) is 2.79. The first-order valence-corrected chi connectivity index (χ1v) is 9.59. The highest BCUT2D eigenvalue weighted by atomic mass is 16.4. The van der Waals surface area contributed by atoms with E-state index >= 15 is 0 Å². The van der Waals surface area contributed by atoms with E-state index in [-0.39, 0.29) is 0 Å². The van der Waals surface area contributed by atoms with Gasteiger partial charge in [0.05, 0.1) is 28.0 Å². The standard InChI is InChI=1S/C21H21N7O/c1-12-7-5-6-8-17(12)28-20-19(13(2)26-28)15(21-25-24-14(3)29-21)11-16(23-20)18-9-10-22-27(18)4/h5-6,8-12H,7H2,1-4H3. The summed E-state index contributed by atoms with van der Waals surface area (Å²) in [6, 6.07) is 3.92. The smallest absolute Gasteiger partial charge is 0.248 e. The first-order chi connectivity index (χ1) is 14.0. The lowest BCUT2D eigenvalue weighted by Crippen LogP contribution is -2.10. The van der Waals surface area contributed by atoms with Crippen LogP contribution in [0.2, 0.25) is 0 Å². The highest BCUT2D eigenvalue weighted by molar-refractivity contribution is 5.96. The zero-order valence-corrected chi connectivity index (χ0v) is 16.8. The topological polar surface area (TPSA) is 87.5 Å². The zero-order valence-electron chi connectivity index (χ0n) is 16.8. The van der Waals surface area contributed by atoms with Crippen molar-refractivity contribution < 1.29 is 4.42 Å². The molecule has 1 atom stereocenters. The Labute approximate surface area is 167 Å². The van der Waals surface area contributed by atoms with Gasteiger partial charge in [0.15, 0.2) is 5.65 Å². The summed E-state index contributed by atoms with van der Waals surface area (Å²) in [6.45, 7) is 5.97. The second kappa shape index (κ2) is 6.51. The van der Waals surface area contributed by atoms with Crippen molar-refractivity contribution in [2.75, 3.05) is 0 Å². The van der Waals surface area contributed by atoms with Crippen molar-refractivity contribution in [3.63, 3.8) is 0 Å². The molecule has 0 fully saturated rings. The molecule has 4 heterocycles. The van der Waals surface area contributed by atoms with Gasteiger partial charge in [-0.2, -0.15) is 10.2 Å². The van der Waals surface area contributed by atoms with E-state index < -0.39 is 0 Å². The van der Waals surface area contributed by atoms with Crippen molar-refractivity contribution in [3.8, 4) is 22.8 Å². The molecule has 8 heteroatoms. The molecule has 0 amide bonds. The number of rotatable bonds is 3. The normalized spacial score (nSPS) is 16.6. The molecule has 146 valence electrons. The van der Waals surface area contributed by atoms with Gasteiger partial charge in [0.1, 0.15) is 0 Å². The van der Waals surface area contributed by atoms with Gasteiger partial charge < -0.3 is 4.42 Å². The molecular weight excluding hydrogens is 366 g/mol. The molecule has 29 heavy (non-hydrogen) atoms. The van der Waals surface area contributed by atoms with Crippen molar-refractivity contribution in [2.45, 2.75) is 27.2 Å². The Morgan fingerprint density at radius 3 is 2.76 bits per heavy atom. The molecule has 0 spiro atoms. The monoisotopic (exact) mass is 387 g/mol. The summed E-state index contributed by atoms with van der Waals surface area (Å²) < 4.78 is 9.53. The molecule has 4 aromatic heterocycles. The van der Waals surface area contributed by atoms with Crippen LogP contribution in [0.4, 0.5) is 0 Å². The fraction of sp³-hybridized carbons (Fsp3) is 0.286. The van der Waals surface area contributed by atoms with Gasteiger partial charge >= 0.3 is 0 Å². The van der Waals surface area contributed by atoms with E-state index in [0.717, 1.165) is 45.8 Å². The number of allylic oxidation sites excluding steroid dienone is 4. The third-order valence-corrected chi connectivity index (χ3v) is 5.29. The van der Waals surface area contributed by atoms with Crippen LogP contribution < -0.4 is 0 Å². The molecule has 0 N–H and O–H groups in total. The van der Waals surface area contributed by atoms with E-state index in [1.54, 1.807) is 17.8 Å². The Balaban J connectivity index is 1.85. The lowest BCUT2D eigenvalue weighted by Gasteiger charge is -2.17. The van der Waals surface area contributed by atoms with Gasteiger partial charge in [-0.1, -0.05) is 19.1 Å². The van der Waals surface area contributed by atoms with Crippen molar-refractivity contribution >= 4 is 16.7 Å². The number of fused-ring (bicyclic) bond motifs is 1. The largest absolute Gasteiger partial charge is 0.421 e. The Morgan fingerprint density at radius 2 is 2.07 bits per heavy atom. The molecule has 1 unspecified atom stereocenters. The van der Waals surface area contributed by atoms with Crippen LogP contribution in [0.5, 0.6) is 0 Å². The minimum atomic E-state index is 0.346. The number of nitrogens with zero attached hydrogens (tertiary/aromatic N) is 7. The first-order valence-electron chi connectivity index (χ1n) is 9.59. The number of aromatic nitrogens is 7. The van der Waals surface area contributed by atoms with E-state index in [1.165, 1.54) is 0 Å². The summed E-state index contributed by atoms with van der Waals surface area (Å²) in [4.78, 5) is 4.99. The van der Waals surface area contributed by atoms with Gasteiger partial charge in [0.25, 0.3) is 0 Å². The van der Waals surface area contributed by atoms with Crippen molar-refractivity contribution in [1.82, 2.24) is 34.7 Å². The fourth-order valence-electron chi connectivity index (χ4n) is 3.81. The number of aryl methyl sites for hydroxylation is 3. The Morgan fingerprint density at radius 1 is 1.21 bits per heavy atom. The molecule has 1 aliphatic rings. The van der Waals surface area contributed by atoms with Crippen LogP contribution >= 0.6 is 0 Å². The van der Waals surface area contributed by atoms with Crippen LogP contribution in [0.3, 0.4) is 0 Å². The molecular formula is C21H21N7O. The zero-order chi connectivity index (χ0) is 20.1. The van der Waals surface area contributed by atoms with Crippen LogP contribution in [0.15, 0.2) is 41.0 Å². The van der Waals surface area contributed by atoms with Crippen LogP contribution in [0.1, 0.15) is 24.9 Å². The molecule has 0 bridgehead atoms. The maximum atomic E-state index is 5.78. The molecule has 1 aliphatic carbocycles. The van der Waals surface area contributed by atoms with Crippen molar-refractivity contribution in [2.24, 2.45) is 13.0 Å². The lowest BCUT2D eigenvalue weighted by atomic mass is 9.99. The maximum absolute atomic E-state index is 5.78. The molecule has 0 aromatic carbocycles. The van der Waals surface area contributed by atoms with Crippen LogP contribution in [-0.4, -0.2) is 34.7 Å². The van der Waals surface area contributed by atoms with E-state index in [1.807, 2.05) is 30.8 Å². The second-order valence-corrected chi connectivity index (χ2v) is 7.37. The van der Waals surface area contributed by atoms with Gasteiger partial charge in [-0.3, -0.25) is 4.68 Å². The molecule has 0 aliphatic heterocycles. The average Bonchev–Trinajstić information content (AvgIpc) is 3.41. The Bertz CT molecular complexity index is 1290. The fourth-order valence-corrected chi connectivity index (χ4v) is 3.81. The minimum Gasteiger partial charge on any atom is -0.421 e. The Kier molecular flexibility index (Phi) is 3.94. The number of hydrogen-bond donors (Lipinski definition) is 0. The van der Waals surface area contributed by atoms with Gasteiger partial charge in [0, 0.05) is 31.8 Å². The molecule has 5 rings (SSSR count). The summed E-state index contributed by atoms with van der Waals surface area (Å²) in [6.07, 6.45) is 9.09. The number of pyridine rings is 1. The SMILES string of the molecule is Cc1nnc(-c2cc(-c3ccnn3C)nc3c2c(C)nn3C2=CC=CCC2C)o1. The van der Waals surface area contributed by atoms with Crippen LogP contribution in [0.25, 0.3) is 39.6 Å². The van der Waals surface area contributed by atoms with E-state index in [2.05, 4.69) is 40.4 Å². The van der Waals surface area contributed by atoms with Gasteiger partial charge in [-0.25, -0.2) is 9.67 Å². The molecule has 0 radical (unpaired) electrons. The average molecular weight is 387 g/mol. The van der Waals surface area contributed by atoms with Crippen LogP contribution in [0, 0.1) is 19.8 Å². The summed E-state index contributed by atoms with van der Waals surface area (Å²) in [5.41, 5.74) is 5.28. The molecule has 8 nitrogen and oxygen atoms in total. The van der Waals surface area contributed by atoms with E-state index in [9.17, 15) is 0 Å². The van der Waals surface area contributed by atoms with E-state index in [0.29, 0.717) is 17.7 Å². The highest BCUT2D eigenvalue weighted by Gasteiger charge is 2.24. The van der Waals surface area contributed by atoms with Crippen molar-refractivity contribution in [1.29, 1.82) is 0 Å². The second-order valence-electron chi connectivity index (χ2n) is 7.37.